The molecule has 27 heavy (non-hydrogen) atoms. The van der Waals surface area contributed by atoms with Crippen LogP contribution in [0.2, 0.25) is 0 Å². The molecule has 4 rings (SSSR count). The van der Waals surface area contributed by atoms with E-state index in [4.69, 9.17) is 4.98 Å². The van der Waals surface area contributed by atoms with E-state index in [2.05, 4.69) is 29.7 Å². The van der Waals surface area contributed by atoms with Crippen LogP contribution in [0.25, 0.3) is 16.8 Å². The first-order chi connectivity index (χ1) is 12.8. The van der Waals surface area contributed by atoms with E-state index in [1.54, 1.807) is 10.6 Å². The van der Waals surface area contributed by atoms with Gasteiger partial charge in [-0.2, -0.15) is 0 Å². The number of rotatable bonds is 5. The zero-order valence-corrected chi connectivity index (χ0v) is 16.3. The van der Waals surface area contributed by atoms with Gasteiger partial charge < -0.3 is 10.6 Å². The summed E-state index contributed by atoms with van der Waals surface area (Å²) in [5.74, 6) is 0. The molecule has 0 bridgehead atoms. The van der Waals surface area contributed by atoms with Gasteiger partial charge >= 0.3 is 0 Å². The van der Waals surface area contributed by atoms with Crippen molar-refractivity contribution in [3.8, 4) is 11.1 Å². The number of hydrogen-bond acceptors (Lipinski definition) is 4. The first kappa shape index (κ1) is 19.4. The summed E-state index contributed by atoms with van der Waals surface area (Å²) >= 11 is 0. The molecule has 2 aromatic heterocycles. The Morgan fingerprint density at radius 1 is 1.22 bits per heavy atom. The van der Waals surface area contributed by atoms with Crippen molar-refractivity contribution in [3.05, 3.63) is 64.7 Å². The first-order valence-corrected chi connectivity index (χ1v) is 9.34. The van der Waals surface area contributed by atoms with Crippen LogP contribution < -0.4 is 16.2 Å². The highest BCUT2D eigenvalue weighted by Crippen LogP contribution is 2.23. The van der Waals surface area contributed by atoms with E-state index in [9.17, 15) is 4.79 Å². The molecule has 1 atom stereocenters. The molecule has 1 aliphatic rings. The Bertz CT molecular complexity index is 962. The quantitative estimate of drug-likeness (QED) is 0.706. The van der Waals surface area contributed by atoms with Crippen LogP contribution in [0.4, 0.5) is 5.69 Å². The Morgan fingerprint density at radius 3 is 2.74 bits per heavy atom. The van der Waals surface area contributed by atoms with Crippen molar-refractivity contribution in [2.45, 2.75) is 32.2 Å². The van der Waals surface area contributed by atoms with Crippen LogP contribution in [0.1, 0.15) is 25.5 Å². The van der Waals surface area contributed by atoms with E-state index in [0.29, 0.717) is 17.3 Å². The Morgan fingerprint density at radius 2 is 2.04 bits per heavy atom. The van der Waals surface area contributed by atoms with Gasteiger partial charge in [-0.05, 0) is 49.2 Å². The second-order valence-corrected chi connectivity index (χ2v) is 6.83. The van der Waals surface area contributed by atoms with Gasteiger partial charge in [-0.3, -0.25) is 9.20 Å². The third-order valence-corrected chi connectivity index (χ3v) is 4.90. The molecule has 5 nitrogen and oxygen atoms in total. The second kappa shape index (κ2) is 8.55. The zero-order valence-electron chi connectivity index (χ0n) is 15.4. The monoisotopic (exact) mass is 384 g/mol. The van der Waals surface area contributed by atoms with Gasteiger partial charge in [-0.25, -0.2) is 4.98 Å². The fraction of sp³-hybridized carbons (Fsp3) is 0.333. The molecule has 1 aliphatic heterocycles. The molecule has 1 fully saturated rings. The largest absolute Gasteiger partial charge is 0.381 e. The maximum Gasteiger partial charge on any atom is 0.265 e. The number of aryl methyl sites for hydroxylation is 1. The highest BCUT2D eigenvalue weighted by atomic mass is 35.5. The van der Waals surface area contributed by atoms with Gasteiger partial charge in [-0.1, -0.05) is 31.5 Å². The number of hydrogen-bond donors (Lipinski definition) is 2. The summed E-state index contributed by atoms with van der Waals surface area (Å²) in [7, 11) is 0. The van der Waals surface area contributed by atoms with E-state index >= 15 is 0 Å². The molecule has 3 heterocycles. The molecule has 0 amide bonds. The highest BCUT2D eigenvalue weighted by Gasteiger charge is 2.16. The van der Waals surface area contributed by atoms with Crippen LogP contribution in [-0.2, 0) is 6.42 Å². The molecule has 142 valence electrons. The number of benzene rings is 1. The summed E-state index contributed by atoms with van der Waals surface area (Å²) in [6.45, 7) is 4.18. The Labute approximate surface area is 165 Å². The van der Waals surface area contributed by atoms with Gasteiger partial charge in [-0.15, -0.1) is 12.4 Å². The molecule has 0 radical (unpaired) electrons. The third-order valence-electron chi connectivity index (χ3n) is 4.90. The predicted octanol–water partition coefficient (Wildman–Crippen LogP) is 3.51. The minimum atomic E-state index is -0.000230. The van der Waals surface area contributed by atoms with Crippen molar-refractivity contribution in [2.75, 3.05) is 18.4 Å². The molecular formula is C21H25ClN4O. The lowest BCUT2D eigenvalue weighted by Crippen LogP contribution is -2.22. The van der Waals surface area contributed by atoms with Gasteiger partial charge in [0, 0.05) is 24.5 Å². The molecule has 6 heteroatoms. The topological polar surface area (TPSA) is 58.4 Å². The number of nitrogens with zero attached hydrogens (tertiary/aromatic N) is 2. The SMILES string of the molecule is CCCc1nc2ccccn2c(=O)c1-c1ccc(N[C@@H]2CCNC2)cc1.Cl. The molecule has 1 aromatic carbocycles. The Balaban J connectivity index is 0.00000210. The highest BCUT2D eigenvalue weighted by molar-refractivity contribution is 5.85. The van der Waals surface area contributed by atoms with E-state index in [1.807, 2.05) is 30.3 Å². The second-order valence-electron chi connectivity index (χ2n) is 6.83. The Hall–Kier alpha value is -2.37. The van der Waals surface area contributed by atoms with Crippen LogP contribution in [0.5, 0.6) is 0 Å². The molecule has 0 saturated carbocycles. The lowest BCUT2D eigenvalue weighted by atomic mass is 10.0. The minimum Gasteiger partial charge on any atom is -0.381 e. The summed E-state index contributed by atoms with van der Waals surface area (Å²) in [5, 5.41) is 6.90. The molecule has 3 aromatic rings. The van der Waals surface area contributed by atoms with E-state index < -0.39 is 0 Å². The van der Waals surface area contributed by atoms with E-state index in [1.165, 1.54) is 0 Å². The van der Waals surface area contributed by atoms with Gasteiger partial charge in [0.1, 0.15) is 5.65 Å². The third kappa shape index (κ3) is 3.99. The van der Waals surface area contributed by atoms with Crippen molar-refractivity contribution in [2.24, 2.45) is 0 Å². The zero-order chi connectivity index (χ0) is 17.9. The van der Waals surface area contributed by atoms with Crippen molar-refractivity contribution in [1.82, 2.24) is 14.7 Å². The van der Waals surface area contributed by atoms with Crippen molar-refractivity contribution >= 4 is 23.7 Å². The number of nitrogens with one attached hydrogen (secondary N) is 2. The fourth-order valence-electron chi connectivity index (χ4n) is 3.59. The van der Waals surface area contributed by atoms with Gasteiger partial charge in [0.05, 0.1) is 11.3 Å². The molecule has 1 saturated heterocycles. The fourth-order valence-corrected chi connectivity index (χ4v) is 3.59. The summed E-state index contributed by atoms with van der Waals surface area (Å²) in [6, 6.07) is 14.3. The summed E-state index contributed by atoms with van der Waals surface area (Å²) in [6.07, 6.45) is 4.67. The molecule has 0 aliphatic carbocycles. The first-order valence-electron chi connectivity index (χ1n) is 9.34. The standard InChI is InChI=1S/C21H24N4O.ClH/c1-2-5-18-20(21(26)25-13-4-3-6-19(25)24-18)15-7-9-16(10-8-15)23-17-11-12-22-14-17;/h3-4,6-10,13,17,22-23H,2,5,11-12,14H2,1H3;1H/t17-;/m1./s1. The average molecular weight is 385 g/mol. The Kier molecular flexibility index (Phi) is 6.14. The van der Waals surface area contributed by atoms with Gasteiger partial charge in [0.2, 0.25) is 0 Å². The predicted molar refractivity (Wildman–Crippen MR) is 113 cm³/mol. The lowest BCUT2D eigenvalue weighted by Gasteiger charge is -2.14. The smallest absolute Gasteiger partial charge is 0.265 e. The minimum absolute atomic E-state index is 0. The van der Waals surface area contributed by atoms with Crippen LogP contribution in [0.15, 0.2) is 53.5 Å². The average Bonchev–Trinajstić information content (AvgIpc) is 3.16. The maximum atomic E-state index is 13.1. The van der Waals surface area contributed by atoms with E-state index in [0.717, 1.165) is 49.3 Å². The molecule has 0 unspecified atom stereocenters. The summed E-state index contributed by atoms with van der Waals surface area (Å²) < 4.78 is 1.63. The summed E-state index contributed by atoms with van der Waals surface area (Å²) in [4.78, 5) is 17.8. The van der Waals surface area contributed by atoms with Crippen LogP contribution in [0.3, 0.4) is 0 Å². The number of fused-ring (bicyclic) bond motifs is 1. The summed E-state index contributed by atoms with van der Waals surface area (Å²) in [5.41, 5.74) is 4.32. The van der Waals surface area contributed by atoms with Crippen LogP contribution in [-0.4, -0.2) is 28.5 Å². The normalized spacial score (nSPS) is 16.3. The lowest BCUT2D eigenvalue weighted by molar-refractivity contribution is 0.793. The van der Waals surface area contributed by atoms with Crippen LogP contribution >= 0.6 is 12.4 Å². The van der Waals surface area contributed by atoms with Crippen molar-refractivity contribution in [1.29, 1.82) is 0 Å². The van der Waals surface area contributed by atoms with Gasteiger partial charge in [0.15, 0.2) is 0 Å². The number of halogens is 1. The molecule has 2 N–H and O–H groups in total. The van der Waals surface area contributed by atoms with Gasteiger partial charge in [0.25, 0.3) is 5.56 Å². The van der Waals surface area contributed by atoms with Crippen LogP contribution in [0, 0.1) is 0 Å². The molecular weight excluding hydrogens is 360 g/mol. The van der Waals surface area contributed by atoms with E-state index in [-0.39, 0.29) is 18.0 Å². The number of aromatic nitrogens is 2. The number of pyridine rings is 1. The number of anilines is 1. The molecule has 0 spiro atoms. The maximum absolute atomic E-state index is 13.1. The van der Waals surface area contributed by atoms with Crippen molar-refractivity contribution in [3.63, 3.8) is 0 Å². The van der Waals surface area contributed by atoms with Crippen molar-refractivity contribution < 1.29 is 0 Å².